The minimum Gasteiger partial charge on any atom is -0.494 e. The van der Waals surface area contributed by atoms with Crippen LogP contribution < -0.4 is 10.1 Å². The Bertz CT molecular complexity index is 1240. The number of halogens is 2. The van der Waals surface area contributed by atoms with Crippen LogP contribution in [0.4, 0.5) is 14.5 Å². The summed E-state index contributed by atoms with van der Waals surface area (Å²) in [6.07, 6.45) is 4.76. The van der Waals surface area contributed by atoms with Crippen molar-refractivity contribution in [3.63, 3.8) is 0 Å². The van der Waals surface area contributed by atoms with Crippen molar-refractivity contribution in [2.75, 3.05) is 12.4 Å². The lowest BCUT2D eigenvalue weighted by Crippen LogP contribution is -2.08. The standard InChI is InChI=1S/C21H16F2N4O2/c1-11(28)27-17-6-13(7-18(29-2)20(17)23)14-5-15-16(10-26-21(15)25-9-14)12-3-4-24-19(22)8-12/h3-10H,1-2H3,(H,25,26)(H,27,28). The van der Waals surface area contributed by atoms with Gasteiger partial charge in [0.25, 0.3) is 0 Å². The number of carbonyl (C=O) groups is 1. The zero-order chi connectivity index (χ0) is 20.5. The Morgan fingerprint density at radius 2 is 1.93 bits per heavy atom. The van der Waals surface area contributed by atoms with Gasteiger partial charge in [-0.3, -0.25) is 4.79 Å². The Kier molecular flexibility index (Phi) is 4.67. The third-order valence-corrected chi connectivity index (χ3v) is 4.47. The van der Waals surface area contributed by atoms with Crippen molar-refractivity contribution < 1.29 is 18.3 Å². The van der Waals surface area contributed by atoms with Gasteiger partial charge in [-0.1, -0.05) is 0 Å². The summed E-state index contributed by atoms with van der Waals surface area (Å²) in [7, 11) is 1.35. The lowest BCUT2D eigenvalue weighted by atomic mass is 10.0. The molecule has 8 heteroatoms. The van der Waals surface area contributed by atoms with Gasteiger partial charge in [0, 0.05) is 48.1 Å². The number of hydrogen-bond acceptors (Lipinski definition) is 4. The molecule has 1 aromatic carbocycles. The molecular formula is C21H16F2N4O2. The Labute approximate surface area is 164 Å². The SMILES string of the molecule is COc1cc(-c2cnc3[nH]cc(-c4ccnc(F)c4)c3c2)cc(NC(C)=O)c1F. The number of aromatic nitrogens is 3. The van der Waals surface area contributed by atoms with Gasteiger partial charge in [0.1, 0.15) is 5.65 Å². The number of ether oxygens (including phenoxy) is 1. The minimum atomic E-state index is -0.657. The second-order valence-corrected chi connectivity index (χ2v) is 6.41. The van der Waals surface area contributed by atoms with E-state index in [1.807, 2.05) is 6.07 Å². The molecule has 29 heavy (non-hydrogen) atoms. The van der Waals surface area contributed by atoms with Crippen LogP contribution in [0.3, 0.4) is 0 Å². The van der Waals surface area contributed by atoms with E-state index < -0.39 is 17.7 Å². The highest BCUT2D eigenvalue weighted by Gasteiger charge is 2.15. The molecule has 0 fully saturated rings. The predicted molar refractivity (Wildman–Crippen MR) is 106 cm³/mol. The number of pyridine rings is 2. The molecule has 0 aliphatic carbocycles. The summed E-state index contributed by atoms with van der Waals surface area (Å²) < 4.78 is 33.1. The van der Waals surface area contributed by atoms with E-state index in [1.165, 1.54) is 38.4 Å². The minimum absolute atomic E-state index is 0.00292. The van der Waals surface area contributed by atoms with E-state index in [9.17, 15) is 13.6 Å². The number of anilines is 1. The number of amides is 1. The van der Waals surface area contributed by atoms with Crippen LogP contribution in [0, 0.1) is 11.8 Å². The second-order valence-electron chi connectivity index (χ2n) is 6.41. The Morgan fingerprint density at radius 3 is 2.66 bits per heavy atom. The molecule has 4 rings (SSSR count). The highest BCUT2D eigenvalue weighted by Crippen LogP contribution is 2.35. The second kappa shape index (κ2) is 7.31. The maximum absolute atomic E-state index is 14.5. The molecule has 0 aliphatic heterocycles. The van der Waals surface area contributed by atoms with E-state index in [0.717, 1.165) is 10.9 Å². The first-order chi connectivity index (χ1) is 14.0. The van der Waals surface area contributed by atoms with Gasteiger partial charge in [0.2, 0.25) is 11.9 Å². The van der Waals surface area contributed by atoms with E-state index in [0.29, 0.717) is 22.3 Å². The van der Waals surface area contributed by atoms with Crippen LogP contribution in [0.25, 0.3) is 33.3 Å². The first-order valence-electron chi connectivity index (χ1n) is 8.71. The quantitative estimate of drug-likeness (QED) is 0.498. The molecule has 0 saturated carbocycles. The first-order valence-corrected chi connectivity index (χ1v) is 8.71. The number of rotatable bonds is 4. The maximum atomic E-state index is 14.5. The molecule has 0 radical (unpaired) electrons. The molecule has 0 unspecified atom stereocenters. The first kappa shape index (κ1) is 18.5. The molecule has 6 nitrogen and oxygen atoms in total. The number of hydrogen-bond donors (Lipinski definition) is 2. The van der Waals surface area contributed by atoms with Gasteiger partial charge in [-0.2, -0.15) is 4.39 Å². The van der Waals surface area contributed by atoms with Crippen molar-refractivity contribution >= 4 is 22.6 Å². The molecule has 3 aromatic heterocycles. The average molecular weight is 394 g/mol. The fourth-order valence-corrected chi connectivity index (χ4v) is 3.16. The van der Waals surface area contributed by atoms with Crippen LogP contribution in [-0.4, -0.2) is 28.0 Å². The molecule has 4 aromatic rings. The summed E-state index contributed by atoms with van der Waals surface area (Å²) in [6, 6.07) is 7.94. The molecule has 0 spiro atoms. The van der Waals surface area contributed by atoms with Gasteiger partial charge in [0.15, 0.2) is 11.6 Å². The molecule has 146 valence electrons. The number of nitrogens with one attached hydrogen (secondary N) is 2. The Morgan fingerprint density at radius 1 is 1.10 bits per heavy atom. The van der Waals surface area contributed by atoms with Crippen LogP contribution in [0.15, 0.2) is 48.9 Å². The van der Waals surface area contributed by atoms with Crippen LogP contribution >= 0.6 is 0 Å². The highest BCUT2D eigenvalue weighted by atomic mass is 19.1. The molecule has 0 saturated heterocycles. The van der Waals surface area contributed by atoms with Crippen molar-refractivity contribution in [1.29, 1.82) is 0 Å². The van der Waals surface area contributed by atoms with Crippen molar-refractivity contribution in [2.24, 2.45) is 0 Å². The highest BCUT2D eigenvalue weighted by molar-refractivity contribution is 5.96. The summed E-state index contributed by atoms with van der Waals surface area (Å²) in [4.78, 5) is 22.5. The maximum Gasteiger partial charge on any atom is 0.221 e. The van der Waals surface area contributed by atoms with Crippen LogP contribution in [0.5, 0.6) is 5.75 Å². The van der Waals surface area contributed by atoms with Crippen molar-refractivity contribution in [2.45, 2.75) is 6.92 Å². The third kappa shape index (κ3) is 3.52. The largest absolute Gasteiger partial charge is 0.494 e. The molecule has 2 N–H and O–H groups in total. The number of benzene rings is 1. The van der Waals surface area contributed by atoms with Crippen molar-refractivity contribution in [3.8, 4) is 28.0 Å². The molecule has 1 amide bonds. The third-order valence-electron chi connectivity index (χ3n) is 4.47. The summed E-state index contributed by atoms with van der Waals surface area (Å²) >= 11 is 0. The summed E-state index contributed by atoms with van der Waals surface area (Å²) in [5, 5.41) is 3.23. The van der Waals surface area contributed by atoms with Gasteiger partial charge in [0.05, 0.1) is 12.8 Å². The number of fused-ring (bicyclic) bond motifs is 1. The van der Waals surface area contributed by atoms with Crippen LogP contribution in [-0.2, 0) is 4.79 Å². The monoisotopic (exact) mass is 394 g/mol. The Balaban J connectivity index is 1.86. The number of nitrogens with zero attached hydrogens (tertiary/aromatic N) is 2. The van der Waals surface area contributed by atoms with Gasteiger partial charge in [-0.25, -0.2) is 14.4 Å². The van der Waals surface area contributed by atoms with E-state index in [1.54, 1.807) is 18.5 Å². The van der Waals surface area contributed by atoms with E-state index in [4.69, 9.17) is 4.74 Å². The smallest absolute Gasteiger partial charge is 0.221 e. The van der Waals surface area contributed by atoms with Crippen LogP contribution in [0.1, 0.15) is 6.92 Å². The topological polar surface area (TPSA) is 79.9 Å². The molecule has 0 bridgehead atoms. The molecule has 3 heterocycles. The molecule has 0 aliphatic rings. The summed E-state index contributed by atoms with van der Waals surface area (Å²) in [5.74, 6) is -1.64. The number of H-pyrrole nitrogens is 1. The van der Waals surface area contributed by atoms with Gasteiger partial charge in [-0.15, -0.1) is 0 Å². The molecular weight excluding hydrogens is 378 g/mol. The number of aromatic amines is 1. The Hall–Kier alpha value is -3.81. The van der Waals surface area contributed by atoms with Crippen molar-refractivity contribution in [1.82, 2.24) is 15.0 Å². The normalized spacial score (nSPS) is 10.9. The van der Waals surface area contributed by atoms with Gasteiger partial charge < -0.3 is 15.0 Å². The van der Waals surface area contributed by atoms with E-state index >= 15 is 0 Å². The van der Waals surface area contributed by atoms with Gasteiger partial charge >= 0.3 is 0 Å². The van der Waals surface area contributed by atoms with Crippen molar-refractivity contribution in [3.05, 3.63) is 60.7 Å². The average Bonchev–Trinajstić information content (AvgIpc) is 3.12. The van der Waals surface area contributed by atoms with E-state index in [-0.39, 0.29) is 11.4 Å². The number of carbonyl (C=O) groups excluding carboxylic acids is 1. The predicted octanol–water partition coefficient (Wildman–Crippen LogP) is 4.54. The summed E-state index contributed by atoms with van der Waals surface area (Å²) in [6.45, 7) is 1.30. The summed E-state index contributed by atoms with van der Waals surface area (Å²) in [5.41, 5.74) is 3.33. The molecule has 0 atom stereocenters. The van der Waals surface area contributed by atoms with Crippen LogP contribution in [0.2, 0.25) is 0 Å². The zero-order valence-corrected chi connectivity index (χ0v) is 15.6. The van der Waals surface area contributed by atoms with E-state index in [2.05, 4.69) is 20.3 Å². The van der Waals surface area contributed by atoms with Gasteiger partial charge in [-0.05, 0) is 35.4 Å². The fraction of sp³-hybridized carbons (Fsp3) is 0.0952. The lowest BCUT2D eigenvalue weighted by Gasteiger charge is -2.12. The zero-order valence-electron chi connectivity index (χ0n) is 15.6. The lowest BCUT2D eigenvalue weighted by molar-refractivity contribution is -0.114. The fourth-order valence-electron chi connectivity index (χ4n) is 3.16. The number of methoxy groups -OCH3 is 1.